The Morgan fingerprint density at radius 3 is 2.57 bits per heavy atom. The fraction of sp³-hybridized carbons (Fsp3) is 0.333. The van der Waals surface area contributed by atoms with Crippen molar-refractivity contribution in [2.24, 2.45) is 0 Å². The van der Waals surface area contributed by atoms with Crippen LogP contribution >= 0.6 is 0 Å². The largest absolute Gasteiger partial charge is 0.493 e. The van der Waals surface area contributed by atoms with Crippen molar-refractivity contribution in [3.8, 4) is 11.5 Å². The first-order valence-corrected chi connectivity index (χ1v) is 7.59. The second kappa shape index (κ2) is 9.15. The Kier molecular flexibility index (Phi) is 6.87. The number of aliphatic hydroxyl groups is 2. The van der Waals surface area contributed by atoms with Crippen molar-refractivity contribution < 1.29 is 19.7 Å². The minimum absolute atomic E-state index is 0.0379. The molecular weight excluding hydrogens is 294 g/mol. The number of methoxy groups -OCH3 is 1. The lowest BCUT2D eigenvalue weighted by molar-refractivity contribution is 0.174. The Labute approximate surface area is 136 Å². The summed E-state index contributed by atoms with van der Waals surface area (Å²) in [4.78, 5) is 0. The molecule has 2 rings (SSSR count). The van der Waals surface area contributed by atoms with Crippen LogP contribution in [0.25, 0.3) is 0 Å². The molecular formula is C18H23NO4. The molecule has 3 N–H and O–H groups in total. The van der Waals surface area contributed by atoms with Gasteiger partial charge in [-0.2, -0.15) is 0 Å². The summed E-state index contributed by atoms with van der Waals surface area (Å²) in [5.41, 5.74) is 1.92. The Bertz CT molecular complexity index is 589. The maximum Gasteiger partial charge on any atom is 0.161 e. The quantitative estimate of drug-likeness (QED) is 0.659. The minimum Gasteiger partial charge on any atom is -0.493 e. The number of nitrogens with one attached hydrogen (secondary N) is 1. The Morgan fingerprint density at radius 1 is 1.09 bits per heavy atom. The Hall–Kier alpha value is -2.08. The molecule has 0 fully saturated rings. The average Bonchev–Trinajstić information content (AvgIpc) is 2.61. The van der Waals surface area contributed by atoms with Gasteiger partial charge in [-0.25, -0.2) is 0 Å². The summed E-state index contributed by atoms with van der Waals surface area (Å²) in [7, 11) is 1.58. The van der Waals surface area contributed by atoms with Crippen LogP contribution < -0.4 is 14.8 Å². The van der Waals surface area contributed by atoms with Gasteiger partial charge in [0, 0.05) is 13.1 Å². The number of ether oxygens (including phenoxy) is 2. The Balaban J connectivity index is 1.88. The van der Waals surface area contributed by atoms with Crippen molar-refractivity contribution in [3.05, 3.63) is 59.7 Å². The van der Waals surface area contributed by atoms with Crippen LogP contribution in [-0.2, 0) is 6.54 Å². The summed E-state index contributed by atoms with van der Waals surface area (Å²) >= 11 is 0. The lowest BCUT2D eigenvalue weighted by atomic mass is 10.1. The van der Waals surface area contributed by atoms with Crippen molar-refractivity contribution in [2.75, 3.05) is 26.9 Å². The van der Waals surface area contributed by atoms with E-state index in [2.05, 4.69) is 5.32 Å². The van der Waals surface area contributed by atoms with Crippen LogP contribution in [0.4, 0.5) is 0 Å². The highest BCUT2D eigenvalue weighted by atomic mass is 16.5. The van der Waals surface area contributed by atoms with Crippen LogP contribution in [0.15, 0.2) is 48.5 Å². The zero-order chi connectivity index (χ0) is 16.5. The second-order valence-electron chi connectivity index (χ2n) is 5.11. The van der Waals surface area contributed by atoms with Crippen LogP contribution in [0.2, 0.25) is 0 Å². The SMILES string of the molecule is COc1cc(CNCC(O)c2ccccc2)ccc1OCCO. The van der Waals surface area contributed by atoms with Crippen LogP contribution in [-0.4, -0.2) is 37.1 Å². The van der Waals surface area contributed by atoms with E-state index >= 15 is 0 Å². The highest BCUT2D eigenvalue weighted by Gasteiger charge is 2.08. The van der Waals surface area contributed by atoms with Gasteiger partial charge in [0.2, 0.25) is 0 Å². The van der Waals surface area contributed by atoms with Crippen LogP contribution in [0.1, 0.15) is 17.2 Å². The molecule has 0 radical (unpaired) electrons. The van der Waals surface area contributed by atoms with Gasteiger partial charge in [-0.1, -0.05) is 36.4 Å². The van der Waals surface area contributed by atoms with E-state index in [4.69, 9.17) is 14.6 Å². The summed E-state index contributed by atoms with van der Waals surface area (Å²) in [5.74, 6) is 1.23. The summed E-state index contributed by atoms with van der Waals surface area (Å²) in [5, 5.41) is 22.1. The van der Waals surface area contributed by atoms with Gasteiger partial charge < -0.3 is 25.0 Å². The second-order valence-corrected chi connectivity index (χ2v) is 5.11. The van der Waals surface area contributed by atoms with Crippen molar-refractivity contribution in [2.45, 2.75) is 12.6 Å². The number of hydrogen-bond acceptors (Lipinski definition) is 5. The maximum absolute atomic E-state index is 10.1. The van der Waals surface area contributed by atoms with Crippen molar-refractivity contribution in [3.63, 3.8) is 0 Å². The molecule has 5 heteroatoms. The van der Waals surface area contributed by atoms with Gasteiger partial charge in [-0.05, 0) is 23.3 Å². The van der Waals surface area contributed by atoms with Gasteiger partial charge in [0.05, 0.1) is 19.8 Å². The molecule has 0 saturated carbocycles. The monoisotopic (exact) mass is 317 g/mol. The molecule has 2 aromatic rings. The van der Waals surface area contributed by atoms with E-state index in [1.807, 2.05) is 48.5 Å². The first-order valence-electron chi connectivity index (χ1n) is 7.59. The zero-order valence-electron chi connectivity index (χ0n) is 13.2. The molecule has 0 heterocycles. The smallest absolute Gasteiger partial charge is 0.161 e. The third-order valence-electron chi connectivity index (χ3n) is 3.43. The fourth-order valence-electron chi connectivity index (χ4n) is 2.24. The number of aliphatic hydroxyl groups excluding tert-OH is 2. The van der Waals surface area contributed by atoms with E-state index in [0.717, 1.165) is 11.1 Å². The lowest BCUT2D eigenvalue weighted by Crippen LogP contribution is -2.21. The molecule has 124 valence electrons. The molecule has 2 aromatic carbocycles. The van der Waals surface area contributed by atoms with Crippen LogP contribution in [0.5, 0.6) is 11.5 Å². The third kappa shape index (κ3) is 5.25. The number of rotatable bonds is 9. The van der Waals surface area contributed by atoms with Crippen LogP contribution in [0, 0.1) is 0 Å². The summed E-state index contributed by atoms with van der Waals surface area (Å²) < 4.78 is 10.7. The Morgan fingerprint density at radius 2 is 1.87 bits per heavy atom. The standard InChI is InChI=1S/C18H23NO4/c1-22-18-11-14(7-8-17(18)23-10-9-20)12-19-13-16(21)15-5-3-2-4-6-15/h2-8,11,16,19-21H,9-10,12-13H2,1H3. The molecule has 5 nitrogen and oxygen atoms in total. The van der Waals surface area contributed by atoms with E-state index in [1.54, 1.807) is 7.11 Å². The highest BCUT2D eigenvalue weighted by molar-refractivity contribution is 5.43. The van der Waals surface area contributed by atoms with Gasteiger partial charge in [0.25, 0.3) is 0 Å². The van der Waals surface area contributed by atoms with Gasteiger partial charge >= 0.3 is 0 Å². The molecule has 1 unspecified atom stereocenters. The summed E-state index contributed by atoms with van der Waals surface area (Å²) in [6.45, 7) is 1.27. The average molecular weight is 317 g/mol. The summed E-state index contributed by atoms with van der Waals surface area (Å²) in [6, 6.07) is 15.2. The van der Waals surface area contributed by atoms with Crippen molar-refractivity contribution in [1.29, 1.82) is 0 Å². The minimum atomic E-state index is -0.537. The van der Waals surface area contributed by atoms with Gasteiger partial charge in [-0.3, -0.25) is 0 Å². The molecule has 23 heavy (non-hydrogen) atoms. The van der Waals surface area contributed by atoms with E-state index in [-0.39, 0.29) is 13.2 Å². The highest BCUT2D eigenvalue weighted by Crippen LogP contribution is 2.28. The first-order chi connectivity index (χ1) is 11.2. The predicted molar refractivity (Wildman–Crippen MR) is 88.7 cm³/mol. The molecule has 0 saturated heterocycles. The van der Waals surface area contributed by atoms with E-state index in [9.17, 15) is 5.11 Å². The van der Waals surface area contributed by atoms with Gasteiger partial charge in [0.1, 0.15) is 6.61 Å². The van der Waals surface area contributed by atoms with Gasteiger partial charge in [0.15, 0.2) is 11.5 Å². The molecule has 0 aliphatic rings. The molecule has 0 aliphatic heterocycles. The molecule has 0 bridgehead atoms. The first kappa shape index (κ1) is 17.3. The van der Waals surface area contributed by atoms with Gasteiger partial charge in [-0.15, -0.1) is 0 Å². The van der Waals surface area contributed by atoms with Crippen LogP contribution in [0.3, 0.4) is 0 Å². The third-order valence-corrected chi connectivity index (χ3v) is 3.43. The van der Waals surface area contributed by atoms with E-state index in [1.165, 1.54) is 0 Å². The maximum atomic E-state index is 10.1. The van der Waals surface area contributed by atoms with E-state index < -0.39 is 6.10 Å². The lowest BCUT2D eigenvalue weighted by Gasteiger charge is -2.14. The van der Waals surface area contributed by atoms with E-state index in [0.29, 0.717) is 24.6 Å². The summed E-state index contributed by atoms with van der Waals surface area (Å²) in [6.07, 6.45) is -0.537. The van der Waals surface area contributed by atoms with Crippen molar-refractivity contribution in [1.82, 2.24) is 5.32 Å². The molecule has 0 spiro atoms. The number of benzene rings is 2. The molecule has 0 aliphatic carbocycles. The molecule has 0 amide bonds. The van der Waals surface area contributed by atoms with Crippen molar-refractivity contribution >= 4 is 0 Å². The fourth-order valence-corrected chi connectivity index (χ4v) is 2.24. The predicted octanol–water partition coefficient (Wildman–Crippen LogP) is 1.89. The normalized spacial score (nSPS) is 12.0. The zero-order valence-corrected chi connectivity index (χ0v) is 13.2. The number of hydrogen-bond donors (Lipinski definition) is 3. The molecule has 0 aromatic heterocycles. The molecule has 1 atom stereocenters. The topological polar surface area (TPSA) is 71.0 Å².